The van der Waals surface area contributed by atoms with Gasteiger partial charge in [0, 0.05) is 19.6 Å². The lowest BCUT2D eigenvalue weighted by molar-refractivity contribution is -0.274. The molecule has 1 aromatic carbocycles. The third kappa shape index (κ3) is 3.75. The van der Waals surface area contributed by atoms with Crippen molar-refractivity contribution in [3.63, 3.8) is 0 Å². The first kappa shape index (κ1) is 15.6. The summed E-state index contributed by atoms with van der Waals surface area (Å²) >= 11 is 0. The number of halogens is 3. The summed E-state index contributed by atoms with van der Waals surface area (Å²) in [6, 6.07) is 6.32. The van der Waals surface area contributed by atoms with Crippen LogP contribution in [-0.2, 0) is 13.5 Å². The Morgan fingerprint density at radius 3 is 2.61 bits per heavy atom. The van der Waals surface area contributed by atoms with E-state index in [2.05, 4.69) is 19.7 Å². The minimum Gasteiger partial charge on any atom is -0.406 e. The molecule has 0 radical (unpaired) electrons. The van der Waals surface area contributed by atoms with E-state index in [9.17, 15) is 13.2 Å². The number of hydrogen-bond acceptors (Lipinski definition) is 4. The molecule has 1 unspecified atom stereocenters. The van der Waals surface area contributed by atoms with Crippen LogP contribution in [0.25, 0.3) is 0 Å². The lowest BCUT2D eigenvalue weighted by atomic mass is 10.0. The number of rotatable bonds is 4. The van der Waals surface area contributed by atoms with Gasteiger partial charge in [0.05, 0.1) is 0 Å². The lowest BCUT2D eigenvalue weighted by Crippen LogP contribution is -2.33. The monoisotopic (exact) mass is 326 g/mol. The maximum absolute atomic E-state index is 12.2. The van der Waals surface area contributed by atoms with Crippen LogP contribution in [0.2, 0.25) is 0 Å². The second kappa shape index (κ2) is 6.10. The number of ether oxygens (including phenoxy) is 1. The molecule has 0 amide bonds. The van der Waals surface area contributed by atoms with Crippen molar-refractivity contribution in [3.05, 3.63) is 36.2 Å². The molecule has 1 aliphatic rings. The number of alkyl halides is 3. The molecule has 0 bridgehead atoms. The zero-order chi connectivity index (χ0) is 16.4. The van der Waals surface area contributed by atoms with Crippen LogP contribution in [0.15, 0.2) is 30.6 Å². The predicted molar refractivity (Wildman–Crippen MR) is 78.2 cm³/mol. The molecule has 1 saturated heterocycles. The molecular formula is C15H17F3N4O. The summed E-state index contributed by atoms with van der Waals surface area (Å²) in [6.45, 7) is 0.909. The number of hydrogen-bond donors (Lipinski definition) is 0. The molecule has 2 heterocycles. The SMILES string of the molecule is Cn1ncnc1N1CCCC1Cc1ccc(OC(F)(F)F)cc1. The van der Waals surface area contributed by atoms with Crippen LogP contribution in [0, 0.1) is 0 Å². The molecule has 0 aliphatic carbocycles. The van der Waals surface area contributed by atoms with Crippen molar-refractivity contribution in [3.8, 4) is 5.75 Å². The first-order valence-corrected chi connectivity index (χ1v) is 7.38. The first-order chi connectivity index (χ1) is 10.9. The highest BCUT2D eigenvalue weighted by atomic mass is 19.4. The van der Waals surface area contributed by atoms with Gasteiger partial charge in [0.1, 0.15) is 12.1 Å². The maximum atomic E-state index is 12.2. The van der Waals surface area contributed by atoms with Crippen molar-refractivity contribution >= 4 is 5.95 Å². The van der Waals surface area contributed by atoms with E-state index < -0.39 is 6.36 Å². The average molecular weight is 326 g/mol. The normalized spacial score (nSPS) is 18.4. The largest absolute Gasteiger partial charge is 0.573 e. The van der Waals surface area contributed by atoms with Gasteiger partial charge in [-0.15, -0.1) is 13.2 Å². The summed E-state index contributed by atoms with van der Waals surface area (Å²) in [4.78, 5) is 6.48. The molecule has 1 atom stereocenters. The quantitative estimate of drug-likeness (QED) is 0.866. The Labute approximate surface area is 131 Å². The van der Waals surface area contributed by atoms with Gasteiger partial charge < -0.3 is 9.64 Å². The highest BCUT2D eigenvalue weighted by Crippen LogP contribution is 2.27. The molecule has 124 valence electrons. The van der Waals surface area contributed by atoms with Crippen LogP contribution < -0.4 is 9.64 Å². The molecule has 0 saturated carbocycles. The molecule has 5 nitrogen and oxygen atoms in total. The minimum atomic E-state index is -4.66. The van der Waals surface area contributed by atoms with Crippen molar-refractivity contribution in [1.29, 1.82) is 0 Å². The van der Waals surface area contributed by atoms with Crippen LogP contribution >= 0.6 is 0 Å². The topological polar surface area (TPSA) is 43.2 Å². The molecule has 8 heteroatoms. The Balaban J connectivity index is 1.68. The number of benzene rings is 1. The van der Waals surface area contributed by atoms with E-state index in [-0.39, 0.29) is 11.8 Å². The fourth-order valence-corrected chi connectivity index (χ4v) is 2.96. The third-order valence-corrected chi connectivity index (χ3v) is 3.95. The van der Waals surface area contributed by atoms with Crippen molar-refractivity contribution in [2.45, 2.75) is 31.7 Å². The average Bonchev–Trinajstić information content (AvgIpc) is 3.08. The van der Waals surface area contributed by atoms with Gasteiger partial charge in [-0.05, 0) is 37.0 Å². The summed E-state index contributed by atoms with van der Waals surface area (Å²) < 4.78 is 42.1. The molecule has 0 N–H and O–H groups in total. The summed E-state index contributed by atoms with van der Waals surface area (Å²) in [5.74, 6) is 0.627. The zero-order valence-corrected chi connectivity index (χ0v) is 12.6. The van der Waals surface area contributed by atoms with Gasteiger partial charge >= 0.3 is 6.36 Å². The molecule has 1 fully saturated rings. The highest BCUT2D eigenvalue weighted by Gasteiger charge is 2.31. The minimum absolute atomic E-state index is 0.196. The fourth-order valence-electron chi connectivity index (χ4n) is 2.96. The molecule has 1 aromatic heterocycles. The van der Waals surface area contributed by atoms with E-state index in [0.717, 1.165) is 37.3 Å². The standard InChI is InChI=1S/C15H17F3N4O/c1-21-14(19-10-20-21)22-8-2-3-12(22)9-11-4-6-13(7-5-11)23-15(16,17)18/h4-7,10,12H,2-3,8-9H2,1H3. The van der Waals surface area contributed by atoms with Gasteiger partial charge in [0.15, 0.2) is 0 Å². The van der Waals surface area contributed by atoms with Crippen molar-refractivity contribution < 1.29 is 17.9 Å². The third-order valence-electron chi connectivity index (χ3n) is 3.95. The maximum Gasteiger partial charge on any atom is 0.573 e. The van der Waals surface area contributed by atoms with Crippen LogP contribution in [0.3, 0.4) is 0 Å². The van der Waals surface area contributed by atoms with Crippen molar-refractivity contribution in [2.24, 2.45) is 7.05 Å². The van der Waals surface area contributed by atoms with Crippen LogP contribution in [0.5, 0.6) is 5.75 Å². The zero-order valence-electron chi connectivity index (χ0n) is 12.6. The number of anilines is 1. The molecule has 2 aromatic rings. The summed E-state index contributed by atoms with van der Waals surface area (Å²) in [7, 11) is 1.85. The van der Waals surface area contributed by atoms with Gasteiger partial charge in [0.25, 0.3) is 0 Å². The Hall–Kier alpha value is -2.25. The smallest absolute Gasteiger partial charge is 0.406 e. The predicted octanol–water partition coefficient (Wildman–Crippen LogP) is 2.93. The van der Waals surface area contributed by atoms with E-state index in [1.807, 2.05) is 7.05 Å². The van der Waals surface area contributed by atoms with E-state index in [1.165, 1.54) is 18.5 Å². The van der Waals surface area contributed by atoms with E-state index >= 15 is 0 Å². The van der Waals surface area contributed by atoms with Gasteiger partial charge in [-0.1, -0.05) is 12.1 Å². The Bertz CT molecular complexity index is 653. The van der Waals surface area contributed by atoms with Gasteiger partial charge in [-0.25, -0.2) is 4.68 Å². The van der Waals surface area contributed by atoms with Crippen molar-refractivity contribution in [2.75, 3.05) is 11.4 Å². The fraction of sp³-hybridized carbons (Fsp3) is 0.467. The Morgan fingerprint density at radius 1 is 1.26 bits per heavy atom. The van der Waals surface area contributed by atoms with E-state index in [0.29, 0.717) is 0 Å². The molecule has 0 spiro atoms. The van der Waals surface area contributed by atoms with Crippen LogP contribution in [0.4, 0.5) is 19.1 Å². The second-order valence-electron chi connectivity index (χ2n) is 5.57. The second-order valence-corrected chi connectivity index (χ2v) is 5.57. The lowest BCUT2D eigenvalue weighted by Gasteiger charge is -2.25. The molecule has 1 aliphatic heterocycles. The number of aromatic nitrogens is 3. The van der Waals surface area contributed by atoms with Crippen LogP contribution in [0.1, 0.15) is 18.4 Å². The van der Waals surface area contributed by atoms with E-state index in [4.69, 9.17) is 0 Å². The van der Waals surface area contributed by atoms with Gasteiger partial charge in [-0.3, -0.25) is 0 Å². The highest BCUT2D eigenvalue weighted by molar-refractivity contribution is 5.35. The van der Waals surface area contributed by atoms with E-state index in [1.54, 1.807) is 16.8 Å². The van der Waals surface area contributed by atoms with Crippen LogP contribution in [-0.4, -0.2) is 33.7 Å². The van der Waals surface area contributed by atoms with Crippen molar-refractivity contribution in [1.82, 2.24) is 14.8 Å². The molecule has 3 rings (SSSR count). The van der Waals surface area contributed by atoms with Gasteiger partial charge in [0.2, 0.25) is 5.95 Å². The van der Waals surface area contributed by atoms with Gasteiger partial charge in [-0.2, -0.15) is 10.1 Å². The molecule has 23 heavy (non-hydrogen) atoms. The number of nitrogens with zero attached hydrogens (tertiary/aromatic N) is 4. The summed E-state index contributed by atoms with van der Waals surface area (Å²) in [5.41, 5.74) is 0.971. The number of aryl methyl sites for hydroxylation is 1. The summed E-state index contributed by atoms with van der Waals surface area (Å²) in [6.07, 6.45) is -0.303. The first-order valence-electron chi connectivity index (χ1n) is 7.38. The molecular weight excluding hydrogens is 309 g/mol. The Kier molecular flexibility index (Phi) is 4.14. The Morgan fingerprint density at radius 2 is 2.00 bits per heavy atom. The summed E-state index contributed by atoms with van der Waals surface area (Å²) in [5, 5.41) is 4.09.